The molecule has 0 amide bonds. The molecule has 0 radical (unpaired) electrons. The number of halogens is 1. The van der Waals surface area contributed by atoms with Crippen LogP contribution in [0.15, 0.2) is 29.3 Å². The maximum absolute atomic E-state index is 6.35. The molecular weight excluding hydrogens is 348 g/mol. The van der Waals surface area contributed by atoms with Gasteiger partial charge in [-0.3, -0.25) is 9.89 Å². The van der Waals surface area contributed by atoms with Gasteiger partial charge in [0.2, 0.25) is 0 Å². The summed E-state index contributed by atoms with van der Waals surface area (Å²) in [6, 6.07) is 8.61. The van der Waals surface area contributed by atoms with Gasteiger partial charge >= 0.3 is 0 Å². The molecule has 144 valence electrons. The number of nitrogens with zero attached hydrogens (tertiary/aromatic N) is 5. The van der Waals surface area contributed by atoms with Crippen LogP contribution in [-0.4, -0.2) is 100 Å². The predicted octanol–water partition coefficient (Wildman–Crippen LogP) is 1.28. The summed E-state index contributed by atoms with van der Waals surface area (Å²) in [6.45, 7) is 8.10. The molecule has 0 saturated carbocycles. The smallest absolute Gasteiger partial charge is 0.193 e. The second-order valence-corrected chi connectivity index (χ2v) is 7.66. The van der Waals surface area contributed by atoms with Crippen molar-refractivity contribution < 1.29 is 0 Å². The highest BCUT2D eigenvalue weighted by Gasteiger charge is 2.24. The Labute approximate surface area is 162 Å². The molecule has 2 saturated heterocycles. The fourth-order valence-corrected chi connectivity index (χ4v) is 3.99. The van der Waals surface area contributed by atoms with Gasteiger partial charge in [-0.1, -0.05) is 23.7 Å². The van der Waals surface area contributed by atoms with Gasteiger partial charge in [0.05, 0.1) is 10.7 Å². The van der Waals surface area contributed by atoms with E-state index in [0.29, 0.717) is 6.04 Å². The summed E-state index contributed by atoms with van der Waals surface area (Å²) in [5.74, 6) is 1.01. The minimum absolute atomic E-state index is 0.523. The first kappa shape index (κ1) is 19.3. The van der Waals surface area contributed by atoms with E-state index in [-0.39, 0.29) is 0 Å². The third-order valence-corrected chi connectivity index (χ3v) is 5.78. The van der Waals surface area contributed by atoms with Crippen molar-refractivity contribution in [3.05, 3.63) is 29.3 Å². The summed E-state index contributed by atoms with van der Waals surface area (Å²) < 4.78 is 0. The molecule has 0 aromatic heterocycles. The molecule has 6 nitrogen and oxygen atoms in total. The maximum atomic E-state index is 6.35. The number of nitrogens with one attached hydrogen (secondary N) is 1. The number of hydrogen-bond acceptors (Lipinski definition) is 4. The predicted molar refractivity (Wildman–Crippen MR) is 111 cm³/mol. The lowest BCUT2D eigenvalue weighted by Gasteiger charge is -2.40. The van der Waals surface area contributed by atoms with Gasteiger partial charge in [-0.2, -0.15) is 0 Å². The summed E-state index contributed by atoms with van der Waals surface area (Å²) in [6.07, 6.45) is 0. The molecule has 2 aliphatic rings. The number of para-hydroxylation sites is 1. The van der Waals surface area contributed by atoms with Gasteiger partial charge < -0.3 is 20.0 Å². The van der Waals surface area contributed by atoms with Crippen molar-refractivity contribution in [2.24, 2.45) is 4.99 Å². The van der Waals surface area contributed by atoms with Crippen LogP contribution in [0.2, 0.25) is 5.02 Å². The van der Waals surface area contributed by atoms with Crippen molar-refractivity contribution in [3.8, 4) is 0 Å². The molecule has 3 rings (SSSR count). The van der Waals surface area contributed by atoms with Gasteiger partial charge in [0.15, 0.2) is 5.96 Å². The number of guanidine groups is 1. The maximum Gasteiger partial charge on any atom is 0.193 e. The third-order valence-electron chi connectivity index (χ3n) is 5.46. The van der Waals surface area contributed by atoms with Gasteiger partial charge in [-0.15, -0.1) is 0 Å². The van der Waals surface area contributed by atoms with Crippen LogP contribution in [-0.2, 0) is 0 Å². The number of piperazine rings is 2. The van der Waals surface area contributed by atoms with Gasteiger partial charge in [-0.05, 0) is 26.2 Å². The van der Waals surface area contributed by atoms with Crippen molar-refractivity contribution in [3.63, 3.8) is 0 Å². The van der Waals surface area contributed by atoms with Crippen LogP contribution < -0.4 is 10.2 Å². The van der Waals surface area contributed by atoms with E-state index < -0.39 is 0 Å². The van der Waals surface area contributed by atoms with Crippen LogP contribution in [0, 0.1) is 0 Å². The second kappa shape index (κ2) is 8.93. The SMILES string of the molecule is CN=C(NCC1CN(C)CCN1C)N1CCN(c2ccccc2Cl)CC1. The van der Waals surface area contributed by atoms with Crippen LogP contribution in [0.3, 0.4) is 0 Å². The van der Waals surface area contributed by atoms with Crippen molar-refractivity contribution in [1.82, 2.24) is 20.0 Å². The topological polar surface area (TPSA) is 37.4 Å². The molecule has 2 aliphatic heterocycles. The Bertz CT molecular complexity index is 614. The van der Waals surface area contributed by atoms with E-state index >= 15 is 0 Å². The first-order chi connectivity index (χ1) is 12.6. The Hall–Kier alpha value is -1.50. The van der Waals surface area contributed by atoms with E-state index in [1.54, 1.807) is 0 Å². The summed E-state index contributed by atoms with van der Waals surface area (Å²) in [4.78, 5) is 14.1. The average Bonchev–Trinajstić information content (AvgIpc) is 2.66. The molecule has 1 unspecified atom stereocenters. The number of anilines is 1. The normalized spacial score (nSPS) is 23.4. The highest BCUT2D eigenvalue weighted by molar-refractivity contribution is 6.33. The zero-order chi connectivity index (χ0) is 18.5. The first-order valence-electron chi connectivity index (χ1n) is 9.42. The van der Waals surface area contributed by atoms with Crippen LogP contribution >= 0.6 is 11.6 Å². The van der Waals surface area contributed by atoms with Crippen molar-refractivity contribution in [2.75, 3.05) is 78.4 Å². The molecule has 1 N–H and O–H groups in total. The summed E-state index contributed by atoms with van der Waals surface area (Å²) in [7, 11) is 6.28. The fourth-order valence-electron chi connectivity index (χ4n) is 3.73. The van der Waals surface area contributed by atoms with Crippen LogP contribution in [0.1, 0.15) is 0 Å². The molecule has 26 heavy (non-hydrogen) atoms. The molecule has 0 bridgehead atoms. The summed E-state index contributed by atoms with van der Waals surface area (Å²) >= 11 is 6.35. The Morgan fingerprint density at radius 1 is 1.12 bits per heavy atom. The van der Waals surface area contributed by atoms with E-state index in [0.717, 1.165) is 69.0 Å². The van der Waals surface area contributed by atoms with Gasteiger partial charge in [0.1, 0.15) is 0 Å². The van der Waals surface area contributed by atoms with E-state index in [4.69, 9.17) is 11.6 Å². The van der Waals surface area contributed by atoms with E-state index in [1.807, 2.05) is 25.2 Å². The molecule has 1 atom stereocenters. The van der Waals surface area contributed by atoms with E-state index in [1.165, 1.54) is 0 Å². The molecule has 1 aromatic rings. The average molecular weight is 379 g/mol. The van der Waals surface area contributed by atoms with Crippen LogP contribution in [0.5, 0.6) is 0 Å². The zero-order valence-electron chi connectivity index (χ0n) is 16.2. The van der Waals surface area contributed by atoms with Gasteiger partial charge in [0.25, 0.3) is 0 Å². The number of benzene rings is 1. The Kier molecular flexibility index (Phi) is 6.62. The zero-order valence-corrected chi connectivity index (χ0v) is 16.9. The molecule has 1 aromatic carbocycles. The quantitative estimate of drug-likeness (QED) is 0.633. The molecule has 7 heteroatoms. The second-order valence-electron chi connectivity index (χ2n) is 7.25. The number of rotatable bonds is 3. The number of hydrogen-bond donors (Lipinski definition) is 1. The minimum atomic E-state index is 0.523. The third kappa shape index (κ3) is 4.61. The molecule has 0 spiro atoms. The largest absolute Gasteiger partial charge is 0.367 e. The molecule has 0 aliphatic carbocycles. The monoisotopic (exact) mass is 378 g/mol. The standard InChI is InChI=1S/C19H31ClN6/c1-21-19(22-14-16-15-23(2)8-9-24(16)3)26-12-10-25(11-13-26)18-7-5-4-6-17(18)20/h4-7,16H,8-15H2,1-3H3,(H,21,22). The lowest BCUT2D eigenvalue weighted by Crippen LogP contribution is -2.57. The van der Waals surface area contributed by atoms with Gasteiger partial charge in [0, 0.05) is 65.4 Å². The lowest BCUT2D eigenvalue weighted by atomic mass is 10.2. The molecule has 2 heterocycles. The highest BCUT2D eigenvalue weighted by atomic mass is 35.5. The molecular formula is C19H31ClN6. The Balaban J connectivity index is 1.52. The Morgan fingerprint density at radius 3 is 2.54 bits per heavy atom. The van der Waals surface area contributed by atoms with Crippen molar-refractivity contribution in [2.45, 2.75) is 6.04 Å². The first-order valence-corrected chi connectivity index (χ1v) is 9.80. The van der Waals surface area contributed by atoms with E-state index in [2.05, 4.69) is 50.1 Å². The number of aliphatic imine (C=N–C) groups is 1. The molecule has 2 fully saturated rings. The van der Waals surface area contributed by atoms with Crippen LogP contribution in [0.4, 0.5) is 5.69 Å². The van der Waals surface area contributed by atoms with E-state index in [9.17, 15) is 0 Å². The van der Waals surface area contributed by atoms with Crippen molar-refractivity contribution >= 4 is 23.2 Å². The minimum Gasteiger partial charge on any atom is -0.367 e. The van der Waals surface area contributed by atoms with Gasteiger partial charge in [-0.25, -0.2) is 0 Å². The lowest BCUT2D eigenvalue weighted by molar-refractivity contribution is 0.116. The highest BCUT2D eigenvalue weighted by Crippen LogP contribution is 2.26. The summed E-state index contributed by atoms with van der Waals surface area (Å²) in [5.41, 5.74) is 1.13. The fraction of sp³-hybridized carbons (Fsp3) is 0.632. The van der Waals surface area contributed by atoms with Crippen LogP contribution in [0.25, 0.3) is 0 Å². The Morgan fingerprint density at radius 2 is 1.85 bits per heavy atom. The summed E-state index contributed by atoms with van der Waals surface area (Å²) in [5, 5.41) is 4.42. The van der Waals surface area contributed by atoms with Crippen molar-refractivity contribution in [1.29, 1.82) is 0 Å². The number of likely N-dealkylation sites (N-methyl/N-ethyl adjacent to an activating group) is 2.